The zero-order chi connectivity index (χ0) is 14.0. The van der Waals surface area contributed by atoms with Gasteiger partial charge in [-0.15, -0.1) is 0 Å². The van der Waals surface area contributed by atoms with Gasteiger partial charge in [0, 0.05) is 25.0 Å². The van der Waals surface area contributed by atoms with Crippen molar-refractivity contribution in [1.29, 1.82) is 0 Å². The van der Waals surface area contributed by atoms with E-state index in [2.05, 4.69) is 25.7 Å². The maximum atomic E-state index is 12.7. The molecule has 1 amide bonds. The summed E-state index contributed by atoms with van der Waals surface area (Å²) in [7, 11) is 0. The summed E-state index contributed by atoms with van der Waals surface area (Å²) in [5, 5.41) is 0. The van der Waals surface area contributed by atoms with Crippen LogP contribution in [0.25, 0.3) is 0 Å². The minimum Gasteiger partial charge on any atom is -0.342 e. The highest BCUT2D eigenvalue weighted by atomic mass is 16.2. The molecule has 0 spiro atoms. The van der Waals surface area contributed by atoms with Gasteiger partial charge in [0.05, 0.1) is 0 Å². The fourth-order valence-electron chi connectivity index (χ4n) is 3.85. The highest BCUT2D eigenvalue weighted by Crippen LogP contribution is 2.39. The Balaban J connectivity index is 1.94. The topological polar surface area (TPSA) is 46.3 Å². The Morgan fingerprint density at radius 3 is 2.53 bits per heavy atom. The molecule has 3 atom stereocenters. The summed E-state index contributed by atoms with van der Waals surface area (Å²) in [5.41, 5.74) is 6.45. The highest BCUT2D eigenvalue weighted by molar-refractivity contribution is 5.79. The number of nitrogens with two attached hydrogens (primary N) is 1. The van der Waals surface area contributed by atoms with Crippen LogP contribution in [0.1, 0.15) is 59.3 Å². The van der Waals surface area contributed by atoms with Crippen molar-refractivity contribution < 1.29 is 4.79 Å². The van der Waals surface area contributed by atoms with Crippen molar-refractivity contribution in [3.8, 4) is 0 Å². The van der Waals surface area contributed by atoms with Crippen LogP contribution in [-0.4, -0.2) is 29.9 Å². The van der Waals surface area contributed by atoms with Gasteiger partial charge >= 0.3 is 0 Å². The van der Waals surface area contributed by atoms with Gasteiger partial charge in [0.15, 0.2) is 0 Å². The minimum atomic E-state index is 0.235. The first-order valence-corrected chi connectivity index (χ1v) is 8.05. The van der Waals surface area contributed by atoms with E-state index in [1.165, 1.54) is 19.3 Å². The minimum absolute atomic E-state index is 0.235. The van der Waals surface area contributed by atoms with Crippen molar-refractivity contribution in [2.24, 2.45) is 23.0 Å². The maximum Gasteiger partial charge on any atom is 0.225 e. The summed E-state index contributed by atoms with van der Waals surface area (Å²) < 4.78 is 0. The summed E-state index contributed by atoms with van der Waals surface area (Å²) in [6.07, 6.45) is 6.57. The molecule has 1 aliphatic heterocycles. The van der Waals surface area contributed by atoms with E-state index in [-0.39, 0.29) is 5.92 Å². The number of likely N-dealkylation sites (tertiary alicyclic amines) is 1. The quantitative estimate of drug-likeness (QED) is 0.854. The van der Waals surface area contributed by atoms with E-state index >= 15 is 0 Å². The van der Waals surface area contributed by atoms with E-state index in [0.29, 0.717) is 23.3 Å². The lowest BCUT2D eigenvalue weighted by molar-refractivity contribution is -0.136. The van der Waals surface area contributed by atoms with Crippen molar-refractivity contribution in [2.45, 2.75) is 65.3 Å². The van der Waals surface area contributed by atoms with Gasteiger partial charge in [-0.2, -0.15) is 0 Å². The first-order chi connectivity index (χ1) is 9.01. The van der Waals surface area contributed by atoms with Crippen LogP contribution in [0.2, 0.25) is 0 Å². The Kier molecular flexibility index (Phi) is 4.54. The predicted molar refractivity (Wildman–Crippen MR) is 78.7 cm³/mol. The normalized spacial score (nSPS) is 34.5. The van der Waals surface area contributed by atoms with Gasteiger partial charge in [-0.1, -0.05) is 20.8 Å². The Hall–Kier alpha value is -0.570. The van der Waals surface area contributed by atoms with Crippen molar-refractivity contribution in [1.82, 2.24) is 4.90 Å². The van der Waals surface area contributed by atoms with Crippen LogP contribution < -0.4 is 5.73 Å². The Bertz CT molecular complexity index is 325. The number of hydrogen-bond acceptors (Lipinski definition) is 2. The van der Waals surface area contributed by atoms with Crippen LogP contribution in [0, 0.1) is 17.3 Å². The number of hydrogen-bond donors (Lipinski definition) is 1. The van der Waals surface area contributed by atoms with Gasteiger partial charge in [-0.05, 0) is 49.9 Å². The molecule has 2 rings (SSSR count). The van der Waals surface area contributed by atoms with E-state index in [4.69, 9.17) is 5.73 Å². The average molecular weight is 266 g/mol. The van der Waals surface area contributed by atoms with Crippen LogP contribution in [0.3, 0.4) is 0 Å². The third kappa shape index (κ3) is 2.96. The average Bonchev–Trinajstić information content (AvgIpc) is 2.86. The zero-order valence-electron chi connectivity index (χ0n) is 12.8. The van der Waals surface area contributed by atoms with Crippen LogP contribution in [0.5, 0.6) is 0 Å². The standard InChI is InChI=1S/C16H30N2O/c1-4-16(5-2)8-9-18(11-16)15(19)13-6-7-14(17)12(3)10-13/h12-14H,4-11,17H2,1-3H3. The molecule has 2 fully saturated rings. The Labute approximate surface area is 117 Å². The maximum absolute atomic E-state index is 12.7. The van der Waals surface area contributed by atoms with E-state index in [0.717, 1.165) is 32.4 Å². The predicted octanol–water partition coefficient (Wildman–Crippen LogP) is 2.79. The second-order valence-electron chi connectivity index (χ2n) is 6.87. The van der Waals surface area contributed by atoms with E-state index in [1.54, 1.807) is 0 Å². The lowest BCUT2D eigenvalue weighted by atomic mass is 9.78. The summed E-state index contributed by atoms with van der Waals surface area (Å²) in [4.78, 5) is 14.8. The lowest BCUT2D eigenvalue weighted by Gasteiger charge is -2.34. The second-order valence-corrected chi connectivity index (χ2v) is 6.87. The lowest BCUT2D eigenvalue weighted by Crippen LogP contribution is -2.42. The van der Waals surface area contributed by atoms with Crippen molar-refractivity contribution in [3.05, 3.63) is 0 Å². The van der Waals surface area contributed by atoms with Crippen LogP contribution >= 0.6 is 0 Å². The molecule has 2 aliphatic rings. The Morgan fingerprint density at radius 2 is 2.00 bits per heavy atom. The molecule has 1 saturated carbocycles. The van der Waals surface area contributed by atoms with E-state index < -0.39 is 0 Å². The number of rotatable bonds is 3. The van der Waals surface area contributed by atoms with E-state index in [9.17, 15) is 4.79 Å². The monoisotopic (exact) mass is 266 g/mol. The summed E-state index contributed by atoms with van der Waals surface area (Å²) in [6, 6.07) is 0.299. The fraction of sp³-hybridized carbons (Fsp3) is 0.938. The molecule has 1 heterocycles. The summed E-state index contributed by atoms with van der Waals surface area (Å²) in [6.45, 7) is 8.67. The van der Waals surface area contributed by atoms with Crippen LogP contribution in [-0.2, 0) is 4.79 Å². The molecule has 2 N–H and O–H groups in total. The smallest absolute Gasteiger partial charge is 0.225 e. The first-order valence-electron chi connectivity index (χ1n) is 8.05. The van der Waals surface area contributed by atoms with Gasteiger partial charge in [-0.3, -0.25) is 4.79 Å². The van der Waals surface area contributed by atoms with Gasteiger partial charge in [0.2, 0.25) is 5.91 Å². The molecule has 1 saturated heterocycles. The molecule has 0 aromatic carbocycles. The second kappa shape index (κ2) is 5.82. The van der Waals surface area contributed by atoms with Gasteiger partial charge in [0.25, 0.3) is 0 Å². The van der Waals surface area contributed by atoms with Crippen molar-refractivity contribution >= 4 is 5.91 Å². The highest BCUT2D eigenvalue weighted by Gasteiger charge is 2.40. The molecule has 3 nitrogen and oxygen atoms in total. The molecule has 19 heavy (non-hydrogen) atoms. The number of nitrogens with zero attached hydrogens (tertiary/aromatic N) is 1. The third-order valence-corrected chi connectivity index (χ3v) is 5.83. The molecule has 0 bridgehead atoms. The fourth-order valence-corrected chi connectivity index (χ4v) is 3.85. The summed E-state index contributed by atoms with van der Waals surface area (Å²) >= 11 is 0. The first kappa shape index (κ1) is 14.8. The third-order valence-electron chi connectivity index (χ3n) is 5.83. The van der Waals surface area contributed by atoms with Crippen LogP contribution in [0.15, 0.2) is 0 Å². The molecule has 0 aromatic rings. The zero-order valence-corrected chi connectivity index (χ0v) is 12.8. The molecule has 3 unspecified atom stereocenters. The molecule has 3 heteroatoms. The SMILES string of the molecule is CCC1(CC)CCN(C(=O)C2CCC(N)C(C)C2)C1. The molecule has 1 aliphatic carbocycles. The Morgan fingerprint density at radius 1 is 1.32 bits per heavy atom. The molecule has 0 aromatic heterocycles. The number of carbonyl (C=O) groups is 1. The van der Waals surface area contributed by atoms with Crippen molar-refractivity contribution in [2.75, 3.05) is 13.1 Å². The molecular weight excluding hydrogens is 236 g/mol. The van der Waals surface area contributed by atoms with Gasteiger partial charge in [0.1, 0.15) is 0 Å². The summed E-state index contributed by atoms with van der Waals surface area (Å²) in [5.74, 6) is 1.13. The molecule has 110 valence electrons. The van der Waals surface area contributed by atoms with E-state index in [1.807, 2.05) is 0 Å². The molecule has 0 radical (unpaired) electrons. The van der Waals surface area contributed by atoms with Crippen molar-refractivity contribution in [3.63, 3.8) is 0 Å². The van der Waals surface area contributed by atoms with Gasteiger partial charge < -0.3 is 10.6 Å². The number of amides is 1. The van der Waals surface area contributed by atoms with Gasteiger partial charge in [-0.25, -0.2) is 0 Å². The number of carbonyl (C=O) groups excluding carboxylic acids is 1. The van der Waals surface area contributed by atoms with Crippen LogP contribution in [0.4, 0.5) is 0 Å². The molecular formula is C16H30N2O. The largest absolute Gasteiger partial charge is 0.342 e.